The topological polar surface area (TPSA) is 43.8 Å². The maximum atomic E-state index is 5.50. The van der Waals surface area contributed by atoms with Crippen LogP contribution in [0.15, 0.2) is 12.4 Å². The van der Waals surface area contributed by atoms with Crippen molar-refractivity contribution in [2.75, 3.05) is 0 Å². The molecule has 1 heterocycles. The standard InChI is InChI=1S/C10H15N3/c1-3-13-8-7-12-10(13)6-4-5-9(2)11/h7-9H,3,6,11H2,1-2H3. The number of imidazole rings is 1. The van der Waals surface area contributed by atoms with Crippen molar-refractivity contribution in [2.24, 2.45) is 5.73 Å². The fourth-order valence-corrected chi connectivity index (χ4v) is 1.09. The maximum absolute atomic E-state index is 5.50. The third-order valence-electron chi connectivity index (χ3n) is 1.72. The number of nitrogens with zero attached hydrogens (tertiary/aromatic N) is 2. The van der Waals surface area contributed by atoms with Gasteiger partial charge in [-0.1, -0.05) is 11.8 Å². The zero-order valence-electron chi connectivity index (χ0n) is 8.12. The Bertz CT molecular complexity index is 314. The molecule has 0 saturated carbocycles. The van der Waals surface area contributed by atoms with Crippen molar-refractivity contribution in [3.05, 3.63) is 18.2 Å². The third kappa shape index (κ3) is 2.92. The van der Waals surface area contributed by atoms with Crippen LogP contribution in [0.4, 0.5) is 0 Å². The van der Waals surface area contributed by atoms with Crippen molar-refractivity contribution in [1.29, 1.82) is 0 Å². The van der Waals surface area contributed by atoms with Crippen molar-refractivity contribution in [2.45, 2.75) is 32.9 Å². The van der Waals surface area contributed by atoms with Gasteiger partial charge in [0.1, 0.15) is 5.82 Å². The lowest BCUT2D eigenvalue weighted by molar-refractivity contribution is 0.718. The van der Waals surface area contributed by atoms with Gasteiger partial charge in [0.25, 0.3) is 0 Å². The minimum atomic E-state index is -0.0509. The van der Waals surface area contributed by atoms with Gasteiger partial charge in [-0.3, -0.25) is 0 Å². The summed E-state index contributed by atoms with van der Waals surface area (Å²) in [6.07, 6.45) is 4.44. The molecule has 0 radical (unpaired) electrons. The smallest absolute Gasteiger partial charge is 0.120 e. The van der Waals surface area contributed by atoms with Gasteiger partial charge in [0.05, 0.1) is 12.5 Å². The molecule has 0 spiro atoms. The first-order valence-corrected chi connectivity index (χ1v) is 4.48. The molecule has 1 atom stereocenters. The maximum Gasteiger partial charge on any atom is 0.120 e. The van der Waals surface area contributed by atoms with Crippen LogP contribution in [-0.4, -0.2) is 15.6 Å². The van der Waals surface area contributed by atoms with Gasteiger partial charge in [-0.25, -0.2) is 4.98 Å². The van der Waals surface area contributed by atoms with E-state index in [2.05, 4.69) is 28.3 Å². The molecule has 1 unspecified atom stereocenters. The quantitative estimate of drug-likeness (QED) is 0.679. The summed E-state index contributed by atoms with van der Waals surface area (Å²) in [6, 6.07) is -0.0509. The zero-order valence-corrected chi connectivity index (χ0v) is 8.12. The van der Waals surface area contributed by atoms with Gasteiger partial charge >= 0.3 is 0 Å². The highest BCUT2D eigenvalue weighted by Crippen LogP contribution is 1.97. The summed E-state index contributed by atoms with van der Waals surface area (Å²) in [5.41, 5.74) is 5.50. The Hall–Kier alpha value is -1.27. The molecule has 3 nitrogen and oxygen atoms in total. The van der Waals surface area contributed by atoms with E-state index in [4.69, 9.17) is 5.73 Å². The van der Waals surface area contributed by atoms with Crippen LogP contribution in [0.1, 0.15) is 19.7 Å². The molecule has 1 aromatic heterocycles. The Balaban J connectivity index is 2.60. The number of hydrogen-bond donors (Lipinski definition) is 1. The molecule has 1 rings (SSSR count). The molecule has 0 aliphatic carbocycles. The van der Waals surface area contributed by atoms with Crippen molar-refractivity contribution in [1.82, 2.24) is 9.55 Å². The number of aryl methyl sites for hydroxylation is 1. The van der Waals surface area contributed by atoms with Crippen LogP contribution in [0.25, 0.3) is 0 Å². The Labute approximate surface area is 79.0 Å². The van der Waals surface area contributed by atoms with E-state index in [1.807, 2.05) is 13.1 Å². The fourth-order valence-electron chi connectivity index (χ4n) is 1.09. The second-order valence-electron chi connectivity index (χ2n) is 2.92. The first-order chi connectivity index (χ1) is 6.24. The number of nitrogens with two attached hydrogens (primary N) is 1. The predicted octanol–water partition coefficient (Wildman–Crippen LogP) is 0.796. The van der Waals surface area contributed by atoms with Gasteiger partial charge in [-0.05, 0) is 13.8 Å². The van der Waals surface area contributed by atoms with Crippen LogP contribution < -0.4 is 5.73 Å². The largest absolute Gasteiger partial charge is 0.334 e. The Kier molecular flexibility index (Phi) is 3.53. The second kappa shape index (κ2) is 4.68. The van der Waals surface area contributed by atoms with E-state index in [1.165, 1.54) is 0 Å². The summed E-state index contributed by atoms with van der Waals surface area (Å²) in [6.45, 7) is 4.90. The Morgan fingerprint density at radius 1 is 1.69 bits per heavy atom. The van der Waals surface area contributed by atoms with Gasteiger partial charge in [-0.15, -0.1) is 0 Å². The normalized spacial score (nSPS) is 11.9. The first kappa shape index (κ1) is 9.82. The Morgan fingerprint density at radius 3 is 3.08 bits per heavy atom. The Morgan fingerprint density at radius 2 is 2.46 bits per heavy atom. The van der Waals surface area contributed by atoms with Gasteiger partial charge in [0.15, 0.2) is 0 Å². The van der Waals surface area contributed by atoms with Crippen LogP contribution >= 0.6 is 0 Å². The SMILES string of the molecule is CCn1ccnc1CC#CC(C)N. The molecule has 0 saturated heterocycles. The van der Waals surface area contributed by atoms with E-state index in [9.17, 15) is 0 Å². The highest BCUT2D eigenvalue weighted by molar-refractivity contribution is 5.11. The van der Waals surface area contributed by atoms with Crippen LogP contribution in [0.5, 0.6) is 0 Å². The average molecular weight is 177 g/mol. The summed E-state index contributed by atoms with van der Waals surface area (Å²) in [5.74, 6) is 6.92. The predicted molar refractivity (Wildman–Crippen MR) is 53.0 cm³/mol. The van der Waals surface area contributed by atoms with Crippen LogP contribution in [0, 0.1) is 11.8 Å². The van der Waals surface area contributed by atoms with E-state index >= 15 is 0 Å². The van der Waals surface area contributed by atoms with Crippen molar-refractivity contribution < 1.29 is 0 Å². The molecule has 70 valence electrons. The van der Waals surface area contributed by atoms with E-state index < -0.39 is 0 Å². The monoisotopic (exact) mass is 177 g/mol. The van der Waals surface area contributed by atoms with Gasteiger partial charge in [0.2, 0.25) is 0 Å². The highest BCUT2D eigenvalue weighted by atomic mass is 15.0. The van der Waals surface area contributed by atoms with Gasteiger partial charge in [0, 0.05) is 18.9 Å². The van der Waals surface area contributed by atoms with Crippen LogP contribution in [0.2, 0.25) is 0 Å². The summed E-state index contributed by atoms with van der Waals surface area (Å²) >= 11 is 0. The summed E-state index contributed by atoms with van der Waals surface area (Å²) in [5, 5.41) is 0. The van der Waals surface area contributed by atoms with Crippen LogP contribution in [0.3, 0.4) is 0 Å². The lowest BCUT2D eigenvalue weighted by atomic mass is 10.3. The lowest BCUT2D eigenvalue weighted by Gasteiger charge is -1.99. The minimum Gasteiger partial charge on any atom is -0.334 e. The molecular formula is C10H15N3. The highest BCUT2D eigenvalue weighted by Gasteiger charge is 1.96. The zero-order chi connectivity index (χ0) is 9.68. The summed E-state index contributed by atoms with van der Waals surface area (Å²) in [4.78, 5) is 4.20. The van der Waals surface area contributed by atoms with E-state index in [0.717, 1.165) is 12.4 Å². The molecule has 0 aromatic carbocycles. The van der Waals surface area contributed by atoms with Crippen molar-refractivity contribution >= 4 is 0 Å². The third-order valence-corrected chi connectivity index (χ3v) is 1.72. The number of rotatable bonds is 2. The van der Waals surface area contributed by atoms with E-state index in [1.54, 1.807) is 6.20 Å². The van der Waals surface area contributed by atoms with Crippen molar-refractivity contribution in [3.8, 4) is 11.8 Å². The average Bonchev–Trinajstić information content (AvgIpc) is 2.51. The van der Waals surface area contributed by atoms with Crippen molar-refractivity contribution in [3.63, 3.8) is 0 Å². The second-order valence-corrected chi connectivity index (χ2v) is 2.92. The first-order valence-electron chi connectivity index (χ1n) is 4.48. The summed E-state index contributed by atoms with van der Waals surface area (Å²) in [7, 11) is 0. The molecule has 0 bridgehead atoms. The number of hydrogen-bond acceptors (Lipinski definition) is 2. The number of aromatic nitrogens is 2. The fraction of sp³-hybridized carbons (Fsp3) is 0.500. The summed E-state index contributed by atoms with van der Waals surface area (Å²) < 4.78 is 2.08. The molecule has 0 amide bonds. The molecule has 3 heteroatoms. The molecule has 0 aliphatic rings. The molecule has 0 aliphatic heterocycles. The lowest BCUT2D eigenvalue weighted by Crippen LogP contribution is -2.11. The van der Waals surface area contributed by atoms with Crippen LogP contribution in [-0.2, 0) is 13.0 Å². The molecule has 1 aromatic rings. The molecular weight excluding hydrogens is 162 g/mol. The molecule has 0 fully saturated rings. The van der Waals surface area contributed by atoms with Gasteiger partial charge in [-0.2, -0.15) is 0 Å². The van der Waals surface area contributed by atoms with Gasteiger partial charge < -0.3 is 10.3 Å². The molecule has 2 N–H and O–H groups in total. The molecule has 13 heavy (non-hydrogen) atoms. The van der Waals surface area contributed by atoms with E-state index in [0.29, 0.717) is 6.42 Å². The minimum absolute atomic E-state index is 0.0509. The van der Waals surface area contributed by atoms with E-state index in [-0.39, 0.29) is 6.04 Å².